The third kappa shape index (κ3) is 4.79. The molecule has 0 unspecified atom stereocenters. The summed E-state index contributed by atoms with van der Waals surface area (Å²) in [7, 11) is 1.71. The number of hydrogen-bond acceptors (Lipinski definition) is 4. The lowest BCUT2D eigenvalue weighted by Crippen LogP contribution is -2.07. The van der Waals surface area contributed by atoms with Gasteiger partial charge in [0.15, 0.2) is 0 Å². The minimum absolute atomic E-state index is 0.617. The molecule has 0 saturated carbocycles. The van der Waals surface area contributed by atoms with Gasteiger partial charge in [-0.3, -0.25) is 0 Å². The molecule has 0 atom stereocenters. The summed E-state index contributed by atoms with van der Waals surface area (Å²) < 4.78 is 6.04. The first-order chi connectivity index (χ1) is 10.2. The van der Waals surface area contributed by atoms with Gasteiger partial charge in [0, 0.05) is 26.1 Å². The molecule has 2 rings (SSSR count). The summed E-state index contributed by atoms with van der Waals surface area (Å²) in [5.41, 5.74) is 2.40. The highest BCUT2D eigenvalue weighted by Crippen LogP contribution is 2.16. The van der Waals surface area contributed by atoms with Gasteiger partial charge >= 0.3 is 0 Å². The molecule has 0 bridgehead atoms. The van der Waals surface area contributed by atoms with Crippen LogP contribution in [-0.4, -0.2) is 17.1 Å². The Hall–Kier alpha value is -1.46. The molecule has 112 valence electrons. The molecule has 1 heterocycles. The highest BCUT2D eigenvalue weighted by atomic mass is 79.9. The lowest BCUT2D eigenvalue weighted by Gasteiger charge is -2.11. The Morgan fingerprint density at radius 2 is 1.95 bits per heavy atom. The van der Waals surface area contributed by atoms with Crippen molar-refractivity contribution in [3.8, 4) is 0 Å². The smallest absolute Gasteiger partial charge is 0.132 e. The van der Waals surface area contributed by atoms with Crippen LogP contribution in [0.2, 0.25) is 0 Å². The van der Waals surface area contributed by atoms with Gasteiger partial charge < -0.3 is 10.1 Å². The summed E-state index contributed by atoms with van der Waals surface area (Å²) in [6.07, 6.45) is 1.92. The Kier molecular flexibility index (Phi) is 6.14. The zero-order chi connectivity index (χ0) is 15.1. The van der Waals surface area contributed by atoms with Crippen LogP contribution in [0.5, 0.6) is 0 Å². The highest BCUT2D eigenvalue weighted by Gasteiger charge is 2.05. The van der Waals surface area contributed by atoms with E-state index < -0.39 is 0 Å². The molecule has 0 aliphatic carbocycles. The monoisotopic (exact) mass is 349 g/mol. The van der Waals surface area contributed by atoms with Crippen molar-refractivity contribution in [1.29, 1.82) is 0 Å². The minimum Gasteiger partial charge on any atom is -0.380 e. The molecule has 1 aromatic heterocycles. The van der Waals surface area contributed by atoms with Crippen LogP contribution in [0.1, 0.15) is 30.3 Å². The lowest BCUT2D eigenvalue weighted by molar-refractivity contribution is 0.184. The first-order valence-electron chi connectivity index (χ1n) is 7.06. The van der Waals surface area contributed by atoms with Crippen LogP contribution >= 0.6 is 15.9 Å². The van der Waals surface area contributed by atoms with Gasteiger partial charge in [-0.15, -0.1) is 0 Å². The Balaban J connectivity index is 2.09. The Bertz CT molecular complexity index is 589. The van der Waals surface area contributed by atoms with E-state index in [-0.39, 0.29) is 0 Å². The predicted molar refractivity (Wildman–Crippen MR) is 88.2 cm³/mol. The molecule has 0 amide bonds. The fourth-order valence-electron chi connectivity index (χ4n) is 2.10. The standard InChI is InChI=1S/C16H20BrN3O/c1-3-6-15-19-14(17)9-16(20-15)18-10-12-7-4-5-8-13(12)11-21-2/h4-5,7-9H,3,6,10-11H2,1-2H3,(H,18,19,20). The quantitative estimate of drug-likeness (QED) is 0.768. The van der Waals surface area contributed by atoms with Gasteiger partial charge in [-0.25, -0.2) is 9.97 Å². The van der Waals surface area contributed by atoms with Crippen LogP contribution in [-0.2, 0) is 24.3 Å². The normalized spacial score (nSPS) is 10.6. The number of methoxy groups -OCH3 is 1. The van der Waals surface area contributed by atoms with Gasteiger partial charge in [-0.1, -0.05) is 31.2 Å². The van der Waals surface area contributed by atoms with E-state index >= 15 is 0 Å². The highest BCUT2D eigenvalue weighted by molar-refractivity contribution is 9.10. The third-order valence-electron chi connectivity index (χ3n) is 3.09. The zero-order valence-corrected chi connectivity index (χ0v) is 14.0. The Morgan fingerprint density at radius 1 is 1.19 bits per heavy atom. The molecule has 0 aliphatic rings. The number of aromatic nitrogens is 2. The van der Waals surface area contributed by atoms with Crippen molar-refractivity contribution in [2.75, 3.05) is 12.4 Å². The topological polar surface area (TPSA) is 47.0 Å². The second-order valence-electron chi connectivity index (χ2n) is 4.80. The van der Waals surface area contributed by atoms with Gasteiger partial charge in [0.25, 0.3) is 0 Å². The van der Waals surface area contributed by atoms with Gasteiger partial charge in [0.2, 0.25) is 0 Å². The minimum atomic E-state index is 0.617. The van der Waals surface area contributed by atoms with Crippen LogP contribution < -0.4 is 5.32 Å². The van der Waals surface area contributed by atoms with Crippen LogP contribution in [0.3, 0.4) is 0 Å². The number of rotatable bonds is 7. The summed E-state index contributed by atoms with van der Waals surface area (Å²) in [6, 6.07) is 10.1. The number of anilines is 1. The van der Waals surface area contributed by atoms with E-state index in [0.29, 0.717) is 13.2 Å². The van der Waals surface area contributed by atoms with Crippen LogP contribution in [0.25, 0.3) is 0 Å². The summed E-state index contributed by atoms with van der Waals surface area (Å²) in [6.45, 7) is 3.46. The second kappa shape index (κ2) is 8.10. The molecule has 21 heavy (non-hydrogen) atoms. The number of ether oxygens (including phenoxy) is 1. The molecule has 0 fully saturated rings. The predicted octanol–water partition coefficient (Wildman–Crippen LogP) is 3.95. The van der Waals surface area contributed by atoms with Crippen LogP contribution in [0, 0.1) is 0 Å². The molecule has 0 spiro atoms. The van der Waals surface area contributed by atoms with Crippen LogP contribution in [0.4, 0.5) is 5.82 Å². The maximum atomic E-state index is 5.23. The van der Waals surface area contributed by atoms with Crippen molar-refractivity contribution in [2.24, 2.45) is 0 Å². The summed E-state index contributed by atoms with van der Waals surface area (Å²) in [4.78, 5) is 8.90. The number of benzene rings is 1. The van der Waals surface area contributed by atoms with E-state index in [1.807, 2.05) is 18.2 Å². The van der Waals surface area contributed by atoms with Gasteiger partial charge in [-0.05, 0) is 33.5 Å². The molecule has 1 aromatic carbocycles. The number of aryl methyl sites for hydroxylation is 1. The summed E-state index contributed by atoms with van der Waals surface area (Å²) in [5.74, 6) is 1.70. The van der Waals surface area contributed by atoms with Crippen LogP contribution in [0.15, 0.2) is 34.9 Å². The van der Waals surface area contributed by atoms with E-state index in [1.165, 1.54) is 11.1 Å². The first-order valence-corrected chi connectivity index (χ1v) is 7.85. The molecule has 2 aromatic rings. The molecular formula is C16H20BrN3O. The van der Waals surface area contributed by atoms with Gasteiger partial charge in [0.1, 0.15) is 16.2 Å². The average Bonchev–Trinajstić information content (AvgIpc) is 2.46. The SMILES string of the molecule is CCCc1nc(Br)cc(NCc2ccccc2COC)n1. The Morgan fingerprint density at radius 3 is 2.67 bits per heavy atom. The summed E-state index contributed by atoms with van der Waals surface area (Å²) >= 11 is 3.44. The van der Waals surface area contributed by atoms with Gasteiger partial charge in [0.05, 0.1) is 6.61 Å². The molecule has 0 radical (unpaired) electrons. The summed E-state index contributed by atoms with van der Waals surface area (Å²) in [5, 5.41) is 3.36. The average molecular weight is 350 g/mol. The second-order valence-corrected chi connectivity index (χ2v) is 5.61. The lowest BCUT2D eigenvalue weighted by atomic mass is 10.1. The maximum absolute atomic E-state index is 5.23. The Labute approximate surface area is 134 Å². The van der Waals surface area contributed by atoms with Crippen molar-refractivity contribution >= 4 is 21.7 Å². The van der Waals surface area contributed by atoms with Crippen molar-refractivity contribution in [3.05, 3.63) is 51.9 Å². The first kappa shape index (κ1) is 15.9. The number of nitrogens with one attached hydrogen (secondary N) is 1. The van der Waals surface area contributed by atoms with E-state index in [2.05, 4.69) is 50.3 Å². The molecule has 4 nitrogen and oxygen atoms in total. The van der Waals surface area contributed by atoms with E-state index in [0.717, 1.165) is 29.1 Å². The van der Waals surface area contributed by atoms with Crippen molar-refractivity contribution in [1.82, 2.24) is 9.97 Å². The molecule has 0 saturated heterocycles. The van der Waals surface area contributed by atoms with Crippen molar-refractivity contribution in [2.45, 2.75) is 32.9 Å². The molecule has 1 N–H and O–H groups in total. The van der Waals surface area contributed by atoms with E-state index in [4.69, 9.17) is 4.74 Å². The zero-order valence-electron chi connectivity index (χ0n) is 12.4. The largest absolute Gasteiger partial charge is 0.380 e. The third-order valence-corrected chi connectivity index (χ3v) is 3.50. The van der Waals surface area contributed by atoms with Crippen molar-refractivity contribution in [3.63, 3.8) is 0 Å². The molecule has 5 heteroatoms. The molecular weight excluding hydrogens is 330 g/mol. The fourth-order valence-corrected chi connectivity index (χ4v) is 2.52. The van der Waals surface area contributed by atoms with E-state index in [1.54, 1.807) is 7.11 Å². The van der Waals surface area contributed by atoms with E-state index in [9.17, 15) is 0 Å². The fraction of sp³-hybridized carbons (Fsp3) is 0.375. The number of nitrogens with zero attached hydrogens (tertiary/aromatic N) is 2. The van der Waals surface area contributed by atoms with Gasteiger partial charge in [-0.2, -0.15) is 0 Å². The number of halogens is 1. The van der Waals surface area contributed by atoms with Crippen molar-refractivity contribution < 1.29 is 4.74 Å². The number of hydrogen-bond donors (Lipinski definition) is 1. The maximum Gasteiger partial charge on any atom is 0.132 e. The molecule has 0 aliphatic heterocycles.